The second kappa shape index (κ2) is 3.44. The van der Waals surface area contributed by atoms with Gasteiger partial charge >= 0.3 is 0 Å². The topological polar surface area (TPSA) is 29.1 Å². The van der Waals surface area contributed by atoms with Crippen molar-refractivity contribution in [2.24, 2.45) is 0 Å². The number of nitrogens with one attached hydrogen (secondary N) is 1. The molecule has 1 aromatic carbocycles. The monoisotopic (exact) mass is 173 g/mol. The molecule has 0 bridgehead atoms. The molecule has 1 heterocycles. The largest absolute Gasteiger partial charge is 0.330 e. The summed E-state index contributed by atoms with van der Waals surface area (Å²) in [5, 5.41) is 2.82. The van der Waals surface area contributed by atoms with Gasteiger partial charge < -0.3 is 5.32 Å². The molecule has 0 spiro atoms. The van der Waals surface area contributed by atoms with Crippen molar-refractivity contribution < 1.29 is 4.79 Å². The SMILES string of the molecule is O=C1CCC(=Cc2ccccc2)N1. The lowest BCUT2D eigenvalue weighted by Crippen LogP contribution is -2.11. The Morgan fingerprint density at radius 2 is 1.92 bits per heavy atom. The van der Waals surface area contributed by atoms with Gasteiger partial charge in [-0.2, -0.15) is 0 Å². The number of allylic oxidation sites excluding steroid dienone is 1. The van der Waals surface area contributed by atoms with Gasteiger partial charge in [0.05, 0.1) is 0 Å². The summed E-state index contributed by atoms with van der Waals surface area (Å²) in [6.45, 7) is 0. The maximum absolute atomic E-state index is 10.9. The summed E-state index contributed by atoms with van der Waals surface area (Å²) in [4.78, 5) is 10.9. The average molecular weight is 173 g/mol. The van der Waals surface area contributed by atoms with Gasteiger partial charge in [-0.1, -0.05) is 30.3 Å². The zero-order valence-corrected chi connectivity index (χ0v) is 7.29. The van der Waals surface area contributed by atoms with E-state index >= 15 is 0 Å². The standard InChI is InChI=1S/C11H11NO/c13-11-7-6-10(12-11)8-9-4-2-1-3-5-9/h1-5,8H,6-7H2,(H,12,13). The van der Waals surface area contributed by atoms with E-state index in [-0.39, 0.29) is 5.91 Å². The van der Waals surface area contributed by atoms with Gasteiger partial charge in [0, 0.05) is 12.1 Å². The van der Waals surface area contributed by atoms with E-state index in [1.54, 1.807) is 0 Å². The van der Waals surface area contributed by atoms with Crippen LogP contribution in [-0.4, -0.2) is 5.91 Å². The fourth-order valence-electron chi connectivity index (χ4n) is 1.41. The van der Waals surface area contributed by atoms with Gasteiger partial charge in [-0.15, -0.1) is 0 Å². The quantitative estimate of drug-likeness (QED) is 0.690. The first kappa shape index (κ1) is 8.05. The van der Waals surface area contributed by atoms with Gasteiger partial charge in [-0.25, -0.2) is 0 Å². The molecule has 13 heavy (non-hydrogen) atoms. The summed E-state index contributed by atoms with van der Waals surface area (Å²) in [5.41, 5.74) is 2.16. The maximum atomic E-state index is 10.9. The molecule has 2 heteroatoms. The van der Waals surface area contributed by atoms with Crippen molar-refractivity contribution in [2.75, 3.05) is 0 Å². The van der Waals surface area contributed by atoms with Crippen LogP contribution in [0.5, 0.6) is 0 Å². The van der Waals surface area contributed by atoms with Crippen molar-refractivity contribution in [3.05, 3.63) is 41.6 Å². The number of benzene rings is 1. The van der Waals surface area contributed by atoms with E-state index in [1.165, 1.54) is 0 Å². The van der Waals surface area contributed by atoms with Crippen LogP contribution in [0.4, 0.5) is 0 Å². The fourth-order valence-corrected chi connectivity index (χ4v) is 1.41. The molecule has 0 atom stereocenters. The Labute approximate surface area is 77.3 Å². The fraction of sp³-hybridized carbons (Fsp3) is 0.182. The lowest BCUT2D eigenvalue weighted by atomic mass is 10.2. The highest BCUT2D eigenvalue weighted by molar-refractivity contribution is 5.82. The van der Waals surface area contributed by atoms with Gasteiger partial charge in [-0.05, 0) is 18.1 Å². The minimum Gasteiger partial charge on any atom is -0.330 e. The highest BCUT2D eigenvalue weighted by Crippen LogP contribution is 2.14. The van der Waals surface area contributed by atoms with Gasteiger partial charge in [-0.3, -0.25) is 4.79 Å². The van der Waals surface area contributed by atoms with E-state index in [1.807, 2.05) is 36.4 Å². The summed E-state index contributed by atoms with van der Waals surface area (Å²) in [5.74, 6) is 0.127. The first-order valence-electron chi connectivity index (χ1n) is 4.40. The Balaban J connectivity index is 2.17. The van der Waals surface area contributed by atoms with Crippen molar-refractivity contribution in [1.29, 1.82) is 0 Å². The zero-order chi connectivity index (χ0) is 9.10. The van der Waals surface area contributed by atoms with Crippen LogP contribution >= 0.6 is 0 Å². The van der Waals surface area contributed by atoms with Crippen molar-refractivity contribution in [3.63, 3.8) is 0 Å². The molecule has 2 rings (SSSR count). The predicted molar refractivity (Wildman–Crippen MR) is 51.8 cm³/mol. The van der Waals surface area contributed by atoms with Crippen LogP contribution in [0, 0.1) is 0 Å². The number of amides is 1. The second-order valence-electron chi connectivity index (χ2n) is 3.13. The van der Waals surface area contributed by atoms with Crippen LogP contribution in [0.2, 0.25) is 0 Å². The first-order chi connectivity index (χ1) is 6.34. The summed E-state index contributed by atoms with van der Waals surface area (Å²) < 4.78 is 0. The van der Waals surface area contributed by atoms with Gasteiger partial charge in [0.1, 0.15) is 0 Å². The molecule has 1 saturated heterocycles. The molecule has 1 aliphatic heterocycles. The lowest BCUT2D eigenvalue weighted by molar-refractivity contribution is -0.118. The van der Waals surface area contributed by atoms with E-state index in [0.29, 0.717) is 6.42 Å². The molecular weight excluding hydrogens is 162 g/mol. The molecule has 0 unspecified atom stereocenters. The van der Waals surface area contributed by atoms with E-state index in [0.717, 1.165) is 17.7 Å². The molecular formula is C11H11NO. The number of hydrogen-bond acceptors (Lipinski definition) is 1. The molecule has 1 fully saturated rings. The van der Waals surface area contributed by atoms with Crippen molar-refractivity contribution >= 4 is 12.0 Å². The zero-order valence-electron chi connectivity index (χ0n) is 7.29. The van der Waals surface area contributed by atoms with Gasteiger partial charge in [0.15, 0.2) is 0 Å². The molecule has 0 saturated carbocycles. The van der Waals surface area contributed by atoms with Crippen LogP contribution in [0.1, 0.15) is 18.4 Å². The van der Waals surface area contributed by atoms with Gasteiger partial charge in [0.2, 0.25) is 5.91 Å². The number of carbonyl (C=O) groups excluding carboxylic acids is 1. The normalized spacial score (nSPS) is 19.1. The molecule has 1 N–H and O–H groups in total. The Kier molecular flexibility index (Phi) is 2.13. The molecule has 66 valence electrons. The molecule has 1 aromatic rings. The summed E-state index contributed by atoms with van der Waals surface area (Å²) in [6.07, 6.45) is 3.48. The van der Waals surface area contributed by atoms with Crippen LogP contribution in [-0.2, 0) is 4.79 Å². The number of carbonyl (C=O) groups is 1. The van der Waals surface area contributed by atoms with E-state index in [9.17, 15) is 4.79 Å². The minimum atomic E-state index is 0.127. The molecule has 0 aliphatic carbocycles. The first-order valence-corrected chi connectivity index (χ1v) is 4.40. The van der Waals surface area contributed by atoms with Crippen LogP contribution < -0.4 is 5.32 Å². The maximum Gasteiger partial charge on any atom is 0.224 e. The third-order valence-corrected chi connectivity index (χ3v) is 2.06. The third-order valence-electron chi connectivity index (χ3n) is 2.06. The van der Waals surface area contributed by atoms with Crippen molar-refractivity contribution in [3.8, 4) is 0 Å². The van der Waals surface area contributed by atoms with E-state index in [2.05, 4.69) is 5.32 Å². The van der Waals surface area contributed by atoms with Crippen molar-refractivity contribution in [1.82, 2.24) is 5.32 Å². The smallest absolute Gasteiger partial charge is 0.224 e. The van der Waals surface area contributed by atoms with Crippen LogP contribution in [0.25, 0.3) is 6.08 Å². The summed E-state index contributed by atoms with van der Waals surface area (Å²) in [7, 11) is 0. The Hall–Kier alpha value is -1.57. The Morgan fingerprint density at radius 1 is 1.15 bits per heavy atom. The molecule has 2 nitrogen and oxygen atoms in total. The van der Waals surface area contributed by atoms with Crippen molar-refractivity contribution in [2.45, 2.75) is 12.8 Å². The highest BCUT2D eigenvalue weighted by atomic mass is 16.1. The molecule has 1 aliphatic rings. The Morgan fingerprint density at radius 3 is 2.54 bits per heavy atom. The molecule has 1 amide bonds. The number of rotatable bonds is 1. The third kappa shape index (κ3) is 1.96. The lowest BCUT2D eigenvalue weighted by Gasteiger charge is -1.96. The molecule has 0 aromatic heterocycles. The summed E-state index contributed by atoms with van der Waals surface area (Å²) >= 11 is 0. The Bertz CT molecular complexity index is 340. The van der Waals surface area contributed by atoms with E-state index < -0.39 is 0 Å². The predicted octanol–water partition coefficient (Wildman–Crippen LogP) is 1.94. The van der Waals surface area contributed by atoms with Gasteiger partial charge in [0.25, 0.3) is 0 Å². The van der Waals surface area contributed by atoms with Crippen LogP contribution in [0.3, 0.4) is 0 Å². The average Bonchev–Trinajstić information content (AvgIpc) is 2.53. The summed E-state index contributed by atoms with van der Waals surface area (Å²) in [6, 6.07) is 10.0. The highest BCUT2D eigenvalue weighted by Gasteiger charge is 2.13. The second-order valence-corrected chi connectivity index (χ2v) is 3.13. The van der Waals surface area contributed by atoms with E-state index in [4.69, 9.17) is 0 Å². The number of hydrogen-bond donors (Lipinski definition) is 1. The molecule has 0 radical (unpaired) electrons. The van der Waals surface area contributed by atoms with Crippen LogP contribution in [0.15, 0.2) is 36.0 Å². The minimum absolute atomic E-state index is 0.127.